The summed E-state index contributed by atoms with van der Waals surface area (Å²) in [5.41, 5.74) is 1.42. The van der Waals surface area contributed by atoms with Gasteiger partial charge in [0.25, 0.3) is 17.2 Å². The van der Waals surface area contributed by atoms with Crippen LogP contribution in [0, 0.1) is 5.21 Å². The molecule has 4 nitrogen and oxygen atoms in total. The quantitative estimate of drug-likeness (QED) is 0.610. The largest absolute Gasteiger partial charge is 0.618 e. The smallest absolute Gasteiger partial charge is 0.273 e. The monoisotopic (exact) mass is 253 g/mol. The Hall–Kier alpha value is -2.62. The molecule has 0 bridgehead atoms. The Morgan fingerprint density at radius 2 is 1.79 bits per heavy atom. The van der Waals surface area contributed by atoms with Gasteiger partial charge < -0.3 is 9.94 Å². The lowest BCUT2D eigenvalue weighted by Gasteiger charge is -2.05. The summed E-state index contributed by atoms with van der Waals surface area (Å²) in [7, 11) is 1.48. The number of ether oxygens (including phenoxy) is 1. The summed E-state index contributed by atoms with van der Waals surface area (Å²) < 4.78 is 5.81. The molecule has 0 aliphatic carbocycles. The van der Waals surface area contributed by atoms with Gasteiger partial charge in [0.15, 0.2) is 5.75 Å². The number of carbonyl (C=O) groups excluding carboxylic acids is 1. The molecule has 0 radical (unpaired) electrons. The molecule has 0 saturated heterocycles. The lowest BCUT2D eigenvalue weighted by atomic mass is 10.0. The van der Waals surface area contributed by atoms with Crippen LogP contribution in [0.4, 0.5) is 5.69 Å². The van der Waals surface area contributed by atoms with Crippen LogP contribution in [0.3, 0.4) is 0 Å². The van der Waals surface area contributed by atoms with E-state index >= 15 is 0 Å². The number of Topliss-reactive ketones (excluding diaryl/α,β-unsaturated/α-hetero) is 1. The second-order valence-corrected chi connectivity index (χ2v) is 4.19. The van der Waals surface area contributed by atoms with Gasteiger partial charge in [-0.2, -0.15) is 4.74 Å². The van der Waals surface area contributed by atoms with Gasteiger partial charge in [0.1, 0.15) is 5.56 Å². The average molecular weight is 253 g/mol. The van der Waals surface area contributed by atoms with E-state index in [0.29, 0.717) is 21.6 Å². The first-order valence-corrected chi connectivity index (χ1v) is 5.85. The Balaban J connectivity index is 2.25. The number of hydrogen-bond donors (Lipinski definition) is 0. The van der Waals surface area contributed by atoms with Crippen LogP contribution in [-0.4, -0.2) is 23.3 Å². The number of carbonyl (C=O) groups is 1. The molecule has 0 N–H and O–H groups in total. The van der Waals surface area contributed by atoms with Crippen molar-refractivity contribution in [1.82, 2.24) is 0 Å². The van der Waals surface area contributed by atoms with E-state index in [1.807, 2.05) is 6.07 Å². The Morgan fingerprint density at radius 3 is 2.47 bits per heavy atom. The van der Waals surface area contributed by atoms with Crippen molar-refractivity contribution in [3.63, 3.8) is 0 Å². The van der Waals surface area contributed by atoms with E-state index in [0.717, 1.165) is 0 Å². The number of rotatable bonds is 2. The maximum atomic E-state index is 12.4. The van der Waals surface area contributed by atoms with E-state index < -0.39 is 0 Å². The topological polar surface area (TPSA) is 52.4 Å². The molecule has 19 heavy (non-hydrogen) atoms. The van der Waals surface area contributed by atoms with Gasteiger partial charge in [0.05, 0.1) is 12.7 Å². The minimum absolute atomic E-state index is 0.139. The van der Waals surface area contributed by atoms with E-state index in [4.69, 9.17) is 4.74 Å². The van der Waals surface area contributed by atoms with Crippen molar-refractivity contribution in [1.29, 1.82) is 0 Å². The first-order valence-electron chi connectivity index (χ1n) is 5.85. The molecule has 1 aliphatic rings. The number of benzene rings is 2. The summed E-state index contributed by atoms with van der Waals surface area (Å²) in [5, 5.41) is 12.4. The summed E-state index contributed by atoms with van der Waals surface area (Å²) >= 11 is 0. The van der Waals surface area contributed by atoms with Crippen LogP contribution in [0.25, 0.3) is 0 Å². The molecule has 1 aliphatic heterocycles. The van der Waals surface area contributed by atoms with Gasteiger partial charge in [0.2, 0.25) is 0 Å². The highest BCUT2D eigenvalue weighted by Crippen LogP contribution is 2.36. The molecule has 4 heteroatoms. The summed E-state index contributed by atoms with van der Waals surface area (Å²) in [5.74, 6) is 0.141. The molecule has 3 rings (SSSR count). The predicted molar refractivity (Wildman–Crippen MR) is 71.2 cm³/mol. The molecule has 2 aromatic rings. The zero-order chi connectivity index (χ0) is 13.4. The summed E-state index contributed by atoms with van der Waals surface area (Å²) in [4.78, 5) is 12.3. The van der Waals surface area contributed by atoms with E-state index in [-0.39, 0.29) is 17.2 Å². The van der Waals surface area contributed by atoms with Gasteiger partial charge in [-0.25, -0.2) is 0 Å². The third-order valence-electron chi connectivity index (χ3n) is 3.13. The highest BCUT2D eigenvalue weighted by molar-refractivity contribution is 6.52. The third-order valence-corrected chi connectivity index (χ3v) is 3.13. The number of ketones is 1. The predicted octanol–water partition coefficient (Wildman–Crippen LogP) is 2.52. The molecule has 0 saturated carbocycles. The maximum Gasteiger partial charge on any atom is 0.273 e. The van der Waals surface area contributed by atoms with Crippen molar-refractivity contribution in [2.24, 2.45) is 0 Å². The number of nitrogens with zero attached hydrogens (tertiary/aromatic N) is 1. The lowest BCUT2D eigenvalue weighted by Crippen LogP contribution is -2.16. The second kappa shape index (κ2) is 4.24. The molecular weight excluding hydrogens is 242 g/mol. The van der Waals surface area contributed by atoms with Crippen molar-refractivity contribution in [3.8, 4) is 5.75 Å². The van der Waals surface area contributed by atoms with Crippen LogP contribution in [0.2, 0.25) is 0 Å². The highest BCUT2D eigenvalue weighted by atomic mass is 16.5. The van der Waals surface area contributed by atoms with Crippen LogP contribution < -0.4 is 4.74 Å². The van der Waals surface area contributed by atoms with Crippen LogP contribution in [0.5, 0.6) is 5.75 Å². The molecule has 1 heterocycles. The van der Waals surface area contributed by atoms with Crippen molar-refractivity contribution >= 4 is 17.2 Å². The fraction of sp³-hybridized carbons (Fsp3) is 0.0667. The fourth-order valence-electron chi connectivity index (χ4n) is 2.26. The molecule has 0 fully saturated rings. The average Bonchev–Trinajstić information content (AvgIpc) is 2.72. The minimum Gasteiger partial charge on any atom is -0.618 e. The van der Waals surface area contributed by atoms with Gasteiger partial charge in [-0.3, -0.25) is 4.79 Å². The fourth-order valence-corrected chi connectivity index (χ4v) is 2.26. The Kier molecular flexibility index (Phi) is 2.56. The number of para-hydroxylation sites is 1. The van der Waals surface area contributed by atoms with E-state index in [1.165, 1.54) is 7.11 Å². The highest BCUT2D eigenvalue weighted by Gasteiger charge is 2.38. The normalized spacial score (nSPS) is 13.6. The first-order chi connectivity index (χ1) is 9.24. The molecule has 0 spiro atoms. The van der Waals surface area contributed by atoms with Crippen LogP contribution in [-0.2, 0) is 0 Å². The number of hydrogen-bond acceptors (Lipinski definition) is 3. The van der Waals surface area contributed by atoms with Crippen molar-refractivity contribution in [2.75, 3.05) is 7.11 Å². The van der Waals surface area contributed by atoms with Gasteiger partial charge in [-0.15, -0.1) is 0 Å². The standard InChI is InChI=1S/C15H11NO3/c1-19-12-9-5-8-11-14(12)16(18)13(15(11)17)10-6-3-2-4-7-10/h2-9H,1H3. The molecule has 0 unspecified atom stereocenters. The van der Waals surface area contributed by atoms with Crippen molar-refractivity contribution in [3.05, 3.63) is 64.9 Å². The molecule has 2 aromatic carbocycles. The Morgan fingerprint density at radius 1 is 1.05 bits per heavy atom. The van der Waals surface area contributed by atoms with E-state index in [2.05, 4.69) is 0 Å². The zero-order valence-electron chi connectivity index (χ0n) is 10.3. The minimum atomic E-state index is -0.268. The summed E-state index contributed by atoms with van der Waals surface area (Å²) in [6, 6.07) is 13.9. The van der Waals surface area contributed by atoms with E-state index in [1.54, 1.807) is 42.5 Å². The summed E-state index contributed by atoms with van der Waals surface area (Å²) in [6.45, 7) is 0. The molecule has 0 amide bonds. The van der Waals surface area contributed by atoms with Crippen LogP contribution >= 0.6 is 0 Å². The van der Waals surface area contributed by atoms with Crippen molar-refractivity contribution in [2.45, 2.75) is 0 Å². The maximum absolute atomic E-state index is 12.4. The molecule has 0 atom stereocenters. The van der Waals surface area contributed by atoms with Crippen molar-refractivity contribution < 1.29 is 14.3 Å². The zero-order valence-corrected chi connectivity index (χ0v) is 10.3. The lowest BCUT2D eigenvalue weighted by molar-refractivity contribution is -0.356. The van der Waals surface area contributed by atoms with Gasteiger partial charge in [0, 0.05) is 0 Å². The molecule has 94 valence electrons. The van der Waals surface area contributed by atoms with Crippen LogP contribution in [0.1, 0.15) is 15.9 Å². The molecular formula is C15H11NO3. The second-order valence-electron chi connectivity index (χ2n) is 4.19. The Labute approximate surface area is 110 Å². The van der Waals surface area contributed by atoms with E-state index in [9.17, 15) is 10.0 Å². The third kappa shape index (κ3) is 1.61. The number of fused-ring (bicyclic) bond motifs is 1. The van der Waals surface area contributed by atoms with Crippen LogP contribution in [0.15, 0.2) is 48.5 Å². The molecule has 0 aromatic heterocycles. The van der Waals surface area contributed by atoms with Gasteiger partial charge in [-0.05, 0) is 24.3 Å². The SMILES string of the molecule is COc1cccc2c1[N+]([O-])=C(c1ccccc1)C2=O. The Bertz CT molecular complexity index is 690. The summed E-state index contributed by atoms with van der Waals surface area (Å²) in [6.07, 6.45) is 0. The van der Waals surface area contributed by atoms with Gasteiger partial charge in [-0.1, -0.05) is 24.3 Å². The number of methoxy groups -OCH3 is 1. The first kappa shape index (κ1) is 11.5. The van der Waals surface area contributed by atoms with Gasteiger partial charge >= 0.3 is 0 Å².